The Morgan fingerprint density at radius 2 is 1.06 bits per heavy atom. The average Bonchev–Trinajstić information content (AvgIpc) is 3.14. The number of nitrogens with zero attached hydrogens (tertiary/aromatic N) is 1. The molecular formula is C46H35N. The molecule has 0 bridgehead atoms. The molecule has 0 saturated carbocycles. The van der Waals surface area contributed by atoms with Crippen molar-refractivity contribution in [3.63, 3.8) is 0 Å². The first-order valence-corrected chi connectivity index (χ1v) is 16.8. The van der Waals surface area contributed by atoms with Crippen LogP contribution in [0.5, 0.6) is 0 Å². The van der Waals surface area contributed by atoms with Crippen LogP contribution in [-0.4, -0.2) is 0 Å². The van der Waals surface area contributed by atoms with Gasteiger partial charge in [-0.25, -0.2) is 0 Å². The zero-order valence-corrected chi connectivity index (χ0v) is 26.4. The van der Waals surface area contributed by atoms with E-state index in [0.717, 1.165) is 12.1 Å². The number of fused-ring (bicyclic) bond motifs is 1. The van der Waals surface area contributed by atoms with E-state index in [9.17, 15) is 0 Å². The molecule has 0 atom stereocenters. The molecule has 9 rings (SSSR count). The molecule has 1 aliphatic rings. The lowest BCUT2D eigenvalue weighted by atomic mass is 9.90. The summed E-state index contributed by atoms with van der Waals surface area (Å²) in [6.45, 7) is 0. The van der Waals surface area contributed by atoms with Gasteiger partial charge < -0.3 is 4.90 Å². The molecular weight excluding hydrogens is 567 g/mol. The monoisotopic (exact) mass is 601 g/mol. The normalized spacial score (nSPS) is 12.8. The molecule has 0 heterocycles. The Kier molecular flexibility index (Phi) is 6.82. The minimum Gasteiger partial charge on any atom is -0.310 e. The number of benzene rings is 8. The number of rotatable bonds is 6. The molecule has 8 aromatic rings. The fourth-order valence-corrected chi connectivity index (χ4v) is 7.66. The third-order valence-electron chi connectivity index (χ3n) is 9.97. The molecule has 0 aromatic heterocycles. The summed E-state index contributed by atoms with van der Waals surface area (Å²) < 4.78 is 0. The van der Waals surface area contributed by atoms with Gasteiger partial charge in [0.25, 0.3) is 0 Å². The summed E-state index contributed by atoms with van der Waals surface area (Å²) in [6.07, 6.45) is 7.20. The van der Waals surface area contributed by atoms with E-state index in [-0.39, 0.29) is 0 Å². The van der Waals surface area contributed by atoms with E-state index in [0.29, 0.717) is 0 Å². The van der Waals surface area contributed by atoms with Crippen molar-refractivity contribution in [1.29, 1.82) is 0 Å². The Hall–Kier alpha value is -5.66. The third-order valence-corrected chi connectivity index (χ3v) is 9.97. The molecule has 0 fully saturated rings. The summed E-state index contributed by atoms with van der Waals surface area (Å²) in [5.74, 6) is 0. The van der Waals surface area contributed by atoms with Crippen molar-refractivity contribution in [3.05, 3.63) is 186 Å². The van der Waals surface area contributed by atoms with Gasteiger partial charge in [-0.3, -0.25) is 0 Å². The Bertz CT molecular complexity index is 2330. The van der Waals surface area contributed by atoms with Crippen LogP contribution in [0.3, 0.4) is 0 Å². The Morgan fingerprint density at radius 3 is 1.77 bits per heavy atom. The summed E-state index contributed by atoms with van der Waals surface area (Å²) in [5.41, 5.74) is 11.4. The van der Waals surface area contributed by atoms with Crippen LogP contribution in [0.2, 0.25) is 0 Å². The SMILES string of the molecule is C(=C(c1ccccc1)c1ccccc1)c1ccc(N(c2ccc3c(c2)CCCC3)c2ccc3ccc4cccc5ccc2c3c45)cc1. The maximum Gasteiger partial charge on any atom is 0.0540 e. The zero-order chi connectivity index (χ0) is 31.2. The van der Waals surface area contributed by atoms with E-state index in [1.807, 2.05) is 0 Å². The highest BCUT2D eigenvalue weighted by atomic mass is 15.1. The minimum absolute atomic E-state index is 1.15. The second-order valence-electron chi connectivity index (χ2n) is 12.8. The molecule has 224 valence electrons. The Balaban J connectivity index is 1.21. The highest BCUT2D eigenvalue weighted by molar-refractivity contribution is 6.25. The lowest BCUT2D eigenvalue weighted by Gasteiger charge is -2.29. The van der Waals surface area contributed by atoms with Gasteiger partial charge in [-0.2, -0.15) is 0 Å². The smallest absolute Gasteiger partial charge is 0.0540 e. The molecule has 0 saturated heterocycles. The lowest BCUT2D eigenvalue weighted by molar-refractivity contribution is 0.685. The van der Waals surface area contributed by atoms with E-state index in [1.54, 1.807) is 0 Å². The van der Waals surface area contributed by atoms with Crippen LogP contribution in [0.4, 0.5) is 17.1 Å². The second-order valence-corrected chi connectivity index (χ2v) is 12.8. The van der Waals surface area contributed by atoms with Crippen molar-refractivity contribution in [3.8, 4) is 0 Å². The molecule has 0 N–H and O–H groups in total. The van der Waals surface area contributed by atoms with Gasteiger partial charge in [-0.1, -0.05) is 127 Å². The van der Waals surface area contributed by atoms with Gasteiger partial charge in [0.2, 0.25) is 0 Å². The first-order chi connectivity index (χ1) is 23.3. The van der Waals surface area contributed by atoms with E-state index < -0.39 is 0 Å². The van der Waals surface area contributed by atoms with Crippen molar-refractivity contribution >= 4 is 61.0 Å². The molecule has 1 aliphatic carbocycles. The number of hydrogen-bond acceptors (Lipinski definition) is 1. The molecule has 0 amide bonds. The second kappa shape index (κ2) is 11.6. The first kappa shape index (κ1) is 27.6. The van der Waals surface area contributed by atoms with E-state index >= 15 is 0 Å². The quantitative estimate of drug-likeness (QED) is 0.135. The van der Waals surface area contributed by atoms with Gasteiger partial charge in [0, 0.05) is 16.8 Å². The van der Waals surface area contributed by atoms with Crippen molar-refractivity contribution in [1.82, 2.24) is 0 Å². The Morgan fingerprint density at radius 1 is 0.468 bits per heavy atom. The van der Waals surface area contributed by atoms with Crippen molar-refractivity contribution in [2.75, 3.05) is 4.90 Å². The van der Waals surface area contributed by atoms with Crippen LogP contribution in [0.15, 0.2) is 158 Å². The first-order valence-electron chi connectivity index (χ1n) is 16.8. The van der Waals surface area contributed by atoms with Crippen LogP contribution < -0.4 is 4.90 Å². The van der Waals surface area contributed by atoms with Gasteiger partial charge in [-0.05, 0) is 122 Å². The lowest BCUT2D eigenvalue weighted by Crippen LogP contribution is -2.12. The van der Waals surface area contributed by atoms with Crippen LogP contribution in [0.25, 0.3) is 44.0 Å². The molecule has 0 radical (unpaired) electrons. The topological polar surface area (TPSA) is 3.24 Å². The number of anilines is 3. The summed E-state index contributed by atoms with van der Waals surface area (Å²) >= 11 is 0. The standard InChI is InChI=1S/C46H35N/c1-3-11-34(12-4-1)43(35-13-5-2-6-14-35)30-32-18-25-40(26-19-32)47(41-27-22-33-10-7-8-15-39(33)31-41)44-29-24-38-21-20-36-16-9-17-37-23-28-42(44)46(38)45(36)37/h1-6,9,11-14,16-31H,7-8,10,15H2. The fraction of sp³-hybridized carbons (Fsp3) is 0.0870. The summed E-state index contributed by atoms with van der Waals surface area (Å²) in [6, 6.07) is 58.1. The van der Waals surface area contributed by atoms with Gasteiger partial charge in [-0.15, -0.1) is 0 Å². The number of aryl methyl sites for hydroxylation is 2. The fourth-order valence-electron chi connectivity index (χ4n) is 7.66. The predicted octanol–water partition coefficient (Wildman–Crippen LogP) is 12.5. The highest BCUT2D eigenvalue weighted by Gasteiger charge is 2.20. The minimum atomic E-state index is 1.15. The van der Waals surface area contributed by atoms with Gasteiger partial charge in [0.15, 0.2) is 0 Å². The summed E-state index contributed by atoms with van der Waals surface area (Å²) in [7, 11) is 0. The van der Waals surface area contributed by atoms with Crippen LogP contribution in [0.1, 0.15) is 40.7 Å². The van der Waals surface area contributed by atoms with Gasteiger partial charge in [0.1, 0.15) is 0 Å². The highest BCUT2D eigenvalue weighted by Crippen LogP contribution is 2.44. The largest absolute Gasteiger partial charge is 0.310 e. The average molecular weight is 602 g/mol. The van der Waals surface area contributed by atoms with Crippen molar-refractivity contribution in [2.24, 2.45) is 0 Å². The molecule has 0 aliphatic heterocycles. The van der Waals surface area contributed by atoms with E-state index in [4.69, 9.17) is 0 Å². The summed E-state index contributed by atoms with van der Waals surface area (Å²) in [4.78, 5) is 2.48. The Labute approximate surface area is 276 Å². The maximum absolute atomic E-state index is 2.48. The third kappa shape index (κ3) is 4.96. The molecule has 0 unspecified atom stereocenters. The molecule has 1 heteroatoms. The summed E-state index contributed by atoms with van der Waals surface area (Å²) in [5, 5.41) is 7.85. The predicted molar refractivity (Wildman–Crippen MR) is 201 cm³/mol. The maximum atomic E-state index is 2.48. The van der Waals surface area contributed by atoms with Crippen molar-refractivity contribution in [2.45, 2.75) is 25.7 Å². The van der Waals surface area contributed by atoms with Gasteiger partial charge in [0.05, 0.1) is 5.69 Å². The molecule has 47 heavy (non-hydrogen) atoms. The number of hydrogen-bond donors (Lipinski definition) is 0. The molecule has 0 spiro atoms. The van der Waals surface area contributed by atoms with Crippen LogP contribution in [-0.2, 0) is 12.8 Å². The molecule has 8 aromatic carbocycles. The van der Waals surface area contributed by atoms with Crippen molar-refractivity contribution < 1.29 is 0 Å². The zero-order valence-electron chi connectivity index (χ0n) is 26.4. The van der Waals surface area contributed by atoms with Gasteiger partial charge >= 0.3 is 0 Å². The van der Waals surface area contributed by atoms with E-state index in [1.165, 1.54) is 96.3 Å². The van der Waals surface area contributed by atoms with Crippen LogP contribution >= 0.6 is 0 Å². The van der Waals surface area contributed by atoms with E-state index in [2.05, 4.69) is 169 Å². The van der Waals surface area contributed by atoms with Crippen LogP contribution in [0, 0.1) is 0 Å². The molecule has 1 nitrogen and oxygen atoms in total.